The molecule has 1 saturated heterocycles. The van der Waals surface area contributed by atoms with Gasteiger partial charge in [0, 0.05) is 0 Å². The molecule has 3 aromatic carbocycles. The van der Waals surface area contributed by atoms with Gasteiger partial charge in [0.2, 0.25) is 0 Å². The zero-order chi connectivity index (χ0) is 33.9. The second kappa shape index (κ2) is 17.2. The standard InChI is InChI=1S/C35H45NO10S/c1-35(2,3)45-34(38)36-30-31(28(20-37)46-47(4,39)40)44-29(24-41-21-25-14-8-5-9-15-25)32(42-22-26-16-10-6-11-17-26)33(30)43-23-27-18-12-7-13-19-27/h5-19,28-33,37H,20-24H2,1-4H3,(H,36,38)/t28-,29-,30+,31-,32+,33-/m1/s1. The van der Waals surface area contributed by atoms with Gasteiger partial charge in [-0.05, 0) is 37.5 Å². The van der Waals surface area contributed by atoms with Crippen molar-refractivity contribution in [2.75, 3.05) is 19.5 Å². The van der Waals surface area contributed by atoms with Gasteiger partial charge >= 0.3 is 6.09 Å². The van der Waals surface area contributed by atoms with Crippen molar-refractivity contribution < 1.29 is 46.2 Å². The number of ether oxygens (including phenoxy) is 5. The molecule has 12 heteroatoms. The first-order valence-electron chi connectivity index (χ1n) is 15.5. The van der Waals surface area contributed by atoms with Crippen LogP contribution in [0.4, 0.5) is 4.79 Å². The van der Waals surface area contributed by atoms with Gasteiger partial charge < -0.3 is 34.1 Å². The fourth-order valence-corrected chi connectivity index (χ4v) is 5.86. The largest absolute Gasteiger partial charge is 0.444 e. The number of aliphatic hydroxyl groups excluding tert-OH is 1. The summed E-state index contributed by atoms with van der Waals surface area (Å²) in [6.45, 7) is 5.04. The van der Waals surface area contributed by atoms with E-state index < -0.39 is 65.0 Å². The number of carbonyl (C=O) groups excluding carboxylic acids is 1. The van der Waals surface area contributed by atoms with Gasteiger partial charge in [0.15, 0.2) is 0 Å². The Morgan fingerprint density at radius 1 is 0.830 bits per heavy atom. The second-order valence-electron chi connectivity index (χ2n) is 12.4. The number of amides is 1. The smallest absolute Gasteiger partial charge is 0.408 e. The van der Waals surface area contributed by atoms with Crippen LogP contribution in [0.5, 0.6) is 0 Å². The van der Waals surface area contributed by atoms with Crippen molar-refractivity contribution in [2.45, 2.75) is 82.8 Å². The maximum Gasteiger partial charge on any atom is 0.408 e. The summed E-state index contributed by atoms with van der Waals surface area (Å²) in [5, 5.41) is 13.2. The van der Waals surface area contributed by atoms with Gasteiger partial charge in [-0.1, -0.05) is 91.0 Å². The minimum absolute atomic E-state index is 0.0201. The number of alkyl carbamates (subject to hydrolysis) is 1. The zero-order valence-electron chi connectivity index (χ0n) is 27.2. The fourth-order valence-electron chi connectivity index (χ4n) is 5.24. The number of benzene rings is 3. The van der Waals surface area contributed by atoms with E-state index in [4.69, 9.17) is 27.9 Å². The molecule has 1 aliphatic heterocycles. The maximum absolute atomic E-state index is 13.3. The van der Waals surface area contributed by atoms with Crippen LogP contribution in [-0.2, 0) is 57.8 Å². The van der Waals surface area contributed by atoms with Gasteiger partial charge in [-0.2, -0.15) is 8.42 Å². The van der Waals surface area contributed by atoms with Crippen LogP contribution in [0.2, 0.25) is 0 Å². The molecule has 0 aromatic heterocycles. The first-order valence-corrected chi connectivity index (χ1v) is 17.3. The van der Waals surface area contributed by atoms with E-state index in [1.807, 2.05) is 91.0 Å². The van der Waals surface area contributed by atoms with Crippen molar-refractivity contribution in [3.63, 3.8) is 0 Å². The average molecular weight is 672 g/mol. The molecule has 0 spiro atoms. The molecule has 1 fully saturated rings. The van der Waals surface area contributed by atoms with Crippen LogP contribution in [0.3, 0.4) is 0 Å². The number of carbonyl (C=O) groups is 1. The summed E-state index contributed by atoms with van der Waals surface area (Å²) in [6.07, 6.45) is -5.13. The predicted octanol–water partition coefficient (Wildman–Crippen LogP) is 4.37. The van der Waals surface area contributed by atoms with E-state index in [9.17, 15) is 18.3 Å². The van der Waals surface area contributed by atoms with Crippen molar-refractivity contribution in [1.82, 2.24) is 5.32 Å². The highest BCUT2D eigenvalue weighted by atomic mass is 32.2. The monoisotopic (exact) mass is 671 g/mol. The van der Waals surface area contributed by atoms with E-state index in [2.05, 4.69) is 5.32 Å². The van der Waals surface area contributed by atoms with Crippen LogP contribution >= 0.6 is 0 Å². The Balaban J connectivity index is 1.73. The topological polar surface area (TPSA) is 139 Å². The van der Waals surface area contributed by atoms with Crippen molar-refractivity contribution >= 4 is 16.2 Å². The molecule has 0 saturated carbocycles. The van der Waals surface area contributed by atoms with Crippen molar-refractivity contribution in [1.29, 1.82) is 0 Å². The van der Waals surface area contributed by atoms with Crippen LogP contribution in [0.1, 0.15) is 37.5 Å². The first kappa shape index (κ1) is 36.5. The molecule has 0 radical (unpaired) electrons. The van der Waals surface area contributed by atoms with Crippen molar-refractivity contribution in [3.05, 3.63) is 108 Å². The van der Waals surface area contributed by atoms with E-state index in [0.29, 0.717) is 0 Å². The van der Waals surface area contributed by atoms with Crippen LogP contribution in [0.25, 0.3) is 0 Å². The zero-order valence-corrected chi connectivity index (χ0v) is 28.0. The van der Waals surface area contributed by atoms with Crippen molar-refractivity contribution in [2.24, 2.45) is 0 Å². The molecule has 2 N–H and O–H groups in total. The molecule has 4 rings (SSSR count). The maximum atomic E-state index is 13.3. The lowest BCUT2D eigenvalue weighted by Crippen LogP contribution is -2.68. The average Bonchev–Trinajstić information content (AvgIpc) is 3.03. The number of rotatable bonds is 15. The van der Waals surface area contributed by atoms with Crippen LogP contribution in [0.15, 0.2) is 91.0 Å². The molecule has 0 bridgehead atoms. The molecule has 3 aromatic rings. The molecular weight excluding hydrogens is 626 g/mol. The highest BCUT2D eigenvalue weighted by Gasteiger charge is 2.52. The normalized spacial score (nSPS) is 22.4. The second-order valence-corrected chi connectivity index (χ2v) is 14.0. The molecule has 1 heterocycles. The van der Waals surface area contributed by atoms with E-state index in [-0.39, 0.29) is 26.4 Å². The lowest BCUT2D eigenvalue weighted by Gasteiger charge is -2.48. The number of hydrogen-bond acceptors (Lipinski definition) is 10. The van der Waals surface area contributed by atoms with Gasteiger partial charge in [0.05, 0.1) is 45.3 Å². The van der Waals surface area contributed by atoms with E-state index in [1.165, 1.54) is 0 Å². The van der Waals surface area contributed by atoms with Crippen molar-refractivity contribution in [3.8, 4) is 0 Å². The van der Waals surface area contributed by atoms with Crippen LogP contribution < -0.4 is 5.32 Å². The summed E-state index contributed by atoms with van der Waals surface area (Å²) in [7, 11) is -4.06. The van der Waals surface area contributed by atoms with Gasteiger partial charge in [-0.3, -0.25) is 4.18 Å². The summed E-state index contributed by atoms with van der Waals surface area (Å²) in [5.41, 5.74) is 1.85. The minimum atomic E-state index is -4.06. The number of nitrogens with one attached hydrogen (secondary N) is 1. The minimum Gasteiger partial charge on any atom is -0.444 e. The first-order chi connectivity index (χ1) is 22.4. The summed E-state index contributed by atoms with van der Waals surface area (Å²) in [4.78, 5) is 13.3. The molecule has 11 nitrogen and oxygen atoms in total. The third kappa shape index (κ3) is 12.0. The molecule has 1 amide bonds. The van der Waals surface area contributed by atoms with Gasteiger partial charge in [0.25, 0.3) is 10.1 Å². The predicted molar refractivity (Wildman–Crippen MR) is 175 cm³/mol. The van der Waals surface area contributed by atoms with Gasteiger partial charge in [-0.25, -0.2) is 4.79 Å². The van der Waals surface area contributed by atoms with Crippen LogP contribution in [-0.4, -0.2) is 81.2 Å². The molecule has 256 valence electrons. The Kier molecular flexibility index (Phi) is 13.3. The van der Waals surface area contributed by atoms with Gasteiger partial charge in [0.1, 0.15) is 36.1 Å². The van der Waals surface area contributed by atoms with E-state index in [0.717, 1.165) is 22.9 Å². The fraction of sp³-hybridized carbons (Fsp3) is 0.457. The molecular formula is C35H45NO10S. The lowest BCUT2D eigenvalue weighted by atomic mass is 9.89. The Labute approximate surface area is 277 Å². The highest BCUT2D eigenvalue weighted by molar-refractivity contribution is 7.86. The molecule has 1 aliphatic rings. The summed E-state index contributed by atoms with van der Waals surface area (Å²) >= 11 is 0. The Bertz CT molecular complexity index is 1470. The lowest BCUT2D eigenvalue weighted by molar-refractivity contribution is -0.246. The molecule has 6 atom stereocenters. The highest BCUT2D eigenvalue weighted by Crippen LogP contribution is 2.31. The summed E-state index contributed by atoms with van der Waals surface area (Å²) in [5.74, 6) is 0. The SMILES string of the molecule is CC(C)(C)OC(=O)N[C@@H]1[C@@H](OCc2ccccc2)[C@@H](OCc2ccccc2)[C@@H](COCc2ccccc2)O[C@@H]1[C@@H](CO)OS(C)(=O)=O. The van der Waals surface area contributed by atoms with E-state index >= 15 is 0 Å². The Morgan fingerprint density at radius 2 is 1.32 bits per heavy atom. The third-order valence-corrected chi connectivity index (χ3v) is 7.82. The quantitative estimate of drug-likeness (QED) is 0.224. The number of aliphatic hydroxyl groups is 1. The van der Waals surface area contributed by atoms with E-state index in [1.54, 1.807) is 20.8 Å². The molecule has 0 unspecified atom stereocenters. The Hall–Kier alpha value is -3.36. The molecule has 47 heavy (non-hydrogen) atoms. The Morgan fingerprint density at radius 3 is 1.79 bits per heavy atom. The summed E-state index contributed by atoms with van der Waals surface area (Å²) in [6, 6.07) is 27.5. The third-order valence-electron chi connectivity index (χ3n) is 7.22. The molecule has 0 aliphatic carbocycles. The van der Waals surface area contributed by atoms with Gasteiger partial charge in [-0.15, -0.1) is 0 Å². The summed E-state index contributed by atoms with van der Waals surface area (Å²) < 4.78 is 61.2. The number of hydrogen-bond donors (Lipinski definition) is 2. The van der Waals surface area contributed by atoms with Crippen LogP contribution in [0, 0.1) is 0 Å².